The summed E-state index contributed by atoms with van der Waals surface area (Å²) in [4.78, 5) is 12.6. The molecule has 25 heavy (non-hydrogen) atoms. The SMILES string of the molecule is Cc1cccc(C)c1OC(=O)c1cccc(S(=O)(=O)N2CCCC2)c1. The highest BCUT2D eigenvalue weighted by Crippen LogP contribution is 2.25. The number of aryl methyl sites for hydroxylation is 2. The van der Waals surface area contributed by atoms with Crippen LogP contribution in [-0.2, 0) is 10.0 Å². The molecule has 0 spiro atoms. The van der Waals surface area contributed by atoms with Gasteiger partial charge in [-0.2, -0.15) is 4.31 Å². The summed E-state index contributed by atoms with van der Waals surface area (Å²) in [6, 6.07) is 11.7. The van der Waals surface area contributed by atoms with E-state index in [-0.39, 0.29) is 10.5 Å². The molecule has 2 aromatic carbocycles. The van der Waals surface area contributed by atoms with Crippen molar-refractivity contribution in [2.24, 2.45) is 0 Å². The quantitative estimate of drug-likeness (QED) is 0.621. The third kappa shape index (κ3) is 3.60. The van der Waals surface area contributed by atoms with Gasteiger partial charge in [0, 0.05) is 13.1 Å². The van der Waals surface area contributed by atoms with E-state index < -0.39 is 16.0 Å². The van der Waals surface area contributed by atoms with Gasteiger partial charge in [0.2, 0.25) is 10.0 Å². The Balaban J connectivity index is 1.87. The highest BCUT2D eigenvalue weighted by molar-refractivity contribution is 7.89. The fourth-order valence-electron chi connectivity index (χ4n) is 2.97. The Morgan fingerprint density at radius 2 is 1.60 bits per heavy atom. The van der Waals surface area contributed by atoms with E-state index in [0.717, 1.165) is 24.0 Å². The fraction of sp³-hybridized carbons (Fsp3) is 0.316. The van der Waals surface area contributed by atoms with Gasteiger partial charge in [-0.25, -0.2) is 13.2 Å². The van der Waals surface area contributed by atoms with E-state index in [1.807, 2.05) is 32.0 Å². The minimum Gasteiger partial charge on any atom is -0.422 e. The number of hydrogen-bond donors (Lipinski definition) is 0. The summed E-state index contributed by atoms with van der Waals surface area (Å²) in [7, 11) is -3.56. The first-order valence-electron chi connectivity index (χ1n) is 8.28. The fourth-order valence-corrected chi connectivity index (χ4v) is 4.54. The van der Waals surface area contributed by atoms with Crippen LogP contribution in [0.5, 0.6) is 5.75 Å². The largest absolute Gasteiger partial charge is 0.422 e. The Morgan fingerprint density at radius 3 is 2.24 bits per heavy atom. The molecule has 0 bridgehead atoms. The van der Waals surface area contributed by atoms with Gasteiger partial charge < -0.3 is 4.74 Å². The number of benzene rings is 2. The molecule has 6 heteroatoms. The summed E-state index contributed by atoms with van der Waals surface area (Å²) in [6.07, 6.45) is 1.74. The van der Waals surface area contributed by atoms with Crippen LogP contribution in [0, 0.1) is 13.8 Å². The number of carbonyl (C=O) groups is 1. The first kappa shape index (κ1) is 17.6. The van der Waals surface area contributed by atoms with E-state index in [4.69, 9.17) is 4.74 Å². The van der Waals surface area contributed by atoms with E-state index in [9.17, 15) is 13.2 Å². The van der Waals surface area contributed by atoms with Crippen molar-refractivity contribution in [1.82, 2.24) is 4.31 Å². The zero-order chi connectivity index (χ0) is 18.0. The molecule has 0 atom stereocenters. The van der Waals surface area contributed by atoms with Crippen LogP contribution >= 0.6 is 0 Å². The standard InChI is InChI=1S/C19H21NO4S/c1-14-7-5-8-15(2)18(14)24-19(21)16-9-6-10-17(13-16)25(22,23)20-11-3-4-12-20/h5-10,13H,3-4,11-12H2,1-2H3. The summed E-state index contributed by atoms with van der Waals surface area (Å²) < 4.78 is 32.3. The van der Waals surface area contributed by atoms with E-state index >= 15 is 0 Å². The summed E-state index contributed by atoms with van der Waals surface area (Å²) in [6.45, 7) is 4.78. The van der Waals surface area contributed by atoms with Crippen molar-refractivity contribution < 1.29 is 17.9 Å². The van der Waals surface area contributed by atoms with Crippen LogP contribution < -0.4 is 4.74 Å². The molecule has 1 saturated heterocycles. The summed E-state index contributed by atoms with van der Waals surface area (Å²) in [5, 5.41) is 0. The first-order chi connectivity index (χ1) is 11.9. The molecule has 0 unspecified atom stereocenters. The molecule has 0 saturated carbocycles. The number of ether oxygens (including phenoxy) is 1. The van der Waals surface area contributed by atoms with Crippen LogP contribution in [0.1, 0.15) is 34.3 Å². The number of sulfonamides is 1. The molecule has 0 aromatic heterocycles. The number of carbonyl (C=O) groups excluding carboxylic acids is 1. The van der Waals surface area contributed by atoms with Crippen molar-refractivity contribution in [3.05, 3.63) is 59.2 Å². The molecule has 1 aliphatic heterocycles. The maximum absolute atomic E-state index is 12.6. The van der Waals surface area contributed by atoms with Crippen molar-refractivity contribution in [2.75, 3.05) is 13.1 Å². The molecule has 1 fully saturated rings. The van der Waals surface area contributed by atoms with Gasteiger partial charge in [-0.05, 0) is 56.0 Å². The van der Waals surface area contributed by atoms with Gasteiger partial charge in [0.25, 0.3) is 0 Å². The Kier molecular flexibility index (Phi) is 4.92. The molecule has 1 heterocycles. The van der Waals surface area contributed by atoms with Crippen LogP contribution in [0.3, 0.4) is 0 Å². The lowest BCUT2D eigenvalue weighted by Crippen LogP contribution is -2.28. The second kappa shape index (κ2) is 6.98. The van der Waals surface area contributed by atoms with Crippen molar-refractivity contribution in [3.8, 4) is 5.75 Å². The monoisotopic (exact) mass is 359 g/mol. The van der Waals surface area contributed by atoms with Crippen molar-refractivity contribution in [2.45, 2.75) is 31.6 Å². The lowest BCUT2D eigenvalue weighted by Gasteiger charge is -2.16. The summed E-state index contributed by atoms with van der Waals surface area (Å²) in [5.74, 6) is -0.0452. The number of hydrogen-bond acceptors (Lipinski definition) is 4. The number of nitrogens with zero attached hydrogens (tertiary/aromatic N) is 1. The third-order valence-corrected chi connectivity index (χ3v) is 6.27. The van der Waals surface area contributed by atoms with Gasteiger partial charge >= 0.3 is 5.97 Å². The van der Waals surface area contributed by atoms with E-state index in [1.54, 1.807) is 12.1 Å². The molecule has 0 radical (unpaired) electrons. The van der Waals surface area contributed by atoms with Crippen LogP contribution in [0.25, 0.3) is 0 Å². The van der Waals surface area contributed by atoms with Crippen LogP contribution in [0.15, 0.2) is 47.4 Å². The van der Waals surface area contributed by atoms with Gasteiger partial charge in [-0.1, -0.05) is 24.3 Å². The molecule has 5 nitrogen and oxygen atoms in total. The van der Waals surface area contributed by atoms with Crippen LogP contribution in [0.2, 0.25) is 0 Å². The molecule has 1 aliphatic rings. The molecule has 132 valence electrons. The van der Waals surface area contributed by atoms with Gasteiger partial charge in [-0.3, -0.25) is 0 Å². The van der Waals surface area contributed by atoms with Gasteiger partial charge in [-0.15, -0.1) is 0 Å². The molecule has 0 aliphatic carbocycles. The van der Waals surface area contributed by atoms with Crippen molar-refractivity contribution in [1.29, 1.82) is 0 Å². The normalized spacial score (nSPS) is 15.3. The maximum Gasteiger partial charge on any atom is 0.343 e. The molecule has 0 amide bonds. The molecule has 0 N–H and O–H groups in total. The van der Waals surface area contributed by atoms with Crippen molar-refractivity contribution in [3.63, 3.8) is 0 Å². The molecule has 2 aromatic rings. The Hall–Kier alpha value is -2.18. The average molecular weight is 359 g/mol. The molecule has 3 rings (SSSR count). The lowest BCUT2D eigenvalue weighted by molar-refractivity contribution is 0.0732. The topological polar surface area (TPSA) is 63.7 Å². The zero-order valence-electron chi connectivity index (χ0n) is 14.4. The van der Waals surface area contributed by atoms with Crippen molar-refractivity contribution >= 4 is 16.0 Å². The average Bonchev–Trinajstić information content (AvgIpc) is 3.14. The minimum atomic E-state index is -3.56. The maximum atomic E-state index is 12.6. The minimum absolute atomic E-state index is 0.130. The summed E-state index contributed by atoms with van der Waals surface area (Å²) in [5.41, 5.74) is 1.94. The van der Waals surface area contributed by atoms with Crippen LogP contribution in [0.4, 0.5) is 0 Å². The molecular formula is C19H21NO4S. The highest BCUT2D eigenvalue weighted by Gasteiger charge is 2.27. The molecular weight excluding hydrogens is 338 g/mol. The third-order valence-electron chi connectivity index (χ3n) is 4.38. The van der Waals surface area contributed by atoms with Gasteiger partial charge in [0.15, 0.2) is 0 Å². The second-order valence-corrected chi connectivity index (χ2v) is 8.19. The Bertz CT molecular complexity index is 879. The Morgan fingerprint density at radius 1 is 1.00 bits per heavy atom. The van der Waals surface area contributed by atoms with E-state index in [0.29, 0.717) is 18.8 Å². The first-order valence-corrected chi connectivity index (χ1v) is 9.72. The number of rotatable bonds is 4. The highest BCUT2D eigenvalue weighted by atomic mass is 32.2. The summed E-state index contributed by atoms with van der Waals surface area (Å²) >= 11 is 0. The van der Waals surface area contributed by atoms with E-state index in [2.05, 4.69) is 0 Å². The number of para-hydroxylation sites is 1. The lowest BCUT2D eigenvalue weighted by atomic mass is 10.1. The predicted octanol–water partition coefficient (Wildman–Crippen LogP) is 3.31. The van der Waals surface area contributed by atoms with Crippen LogP contribution in [-0.4, -0.2) is 31.8 Å². The zero-order valence-corrected chi connectivity index (χ0v) is 15.2. The van der Waals surface area contributed by atoms with Gasteiger partial charge in [0.05, 0.1) is 10.5 Å². The smallest absolute Gasteiger partial charge is 0.343 e. The Labute approximate surface area is 148 Å². The van der Waals surface area contributed by atoms with E-state index in [1.165, 1.54) is 16.4 Å². The second-order valence-electron chi connectivity index (χ2n) is 6.25. The van der Waals surface area contributed by atoms with Gasteiger partial charge in [0.1, 0.15) is 5.75 Å². The number of esters is 1. The predicted molar refractivity (Wildman–Crippen MR) is 95.3 cm³/mol.